The number of hydrogen-bond acceptors (Lipinski definition) is 5. The molecule has 3 N–H and O–H groups in total. The van der Waals surface area contributed by atoms with Crippen LogP contribution in [0, 0.1) is 11.8 Å². The van der Waals surface area contributed by atoms with Crippen LogP contribution in [0.25, 0.3) is 5.70 Å². The SMILES string of the molecule is C=C(N)c1cccc(S(=O)(=O)C2(c3ccc(C(F)(C(F)(F)F)C(F)(F)F)cc3)CCN(C(=O)C3CCC(C(=O)O)CC3)C2)c1. The first kappa shape index (κ1) is 33.3. The molecule has 1 heterocycles. The molecule has 1 saturated heterocycles. The average molecular weight is 651 g/mol. The Labute approximate surface area is 248 Å². The molecule has 2 aromatic rings. The van der Waals surface area contributed by atoms with Crippen LogP contribution < -0.4 is 5.73 Å². The second-order valence-corrected chi connectivity index (χ2v) is 13.4. The number of hydrogen-bond donors (Lipinski definition) is 2. The zero-order valence-corrected chi connectivity index (χ0v) is 23.9. The normalized spacial score (nSPS) is 23.4. The molecule has 15 heteroatoms. The van der Waals surface area contributed by atoms with E-state index >= 15 is 0 Å². The van der Waals surface area contributed by atoms with Gasteiger partial charge in [0.1, 0.15) is 4.75 Å². The summed E-state index contributed by atoms with van der Waals surface area (Å²) in [4.78, 5) is 25.8. The van der Waals surface area contributed by atoms with Gasteiger partial charge >= 0.3 is 24.0 Å². The molecule has 2 fully saturated rings. The molecule has 0 spiro atoms. The maximum absolute atomic E-state index is 14.7. The van der Waals surface area contributed by atoms with Gasteiger partial charge in [-0.2, -0.15) is 26.3 Å². The highest BCUT2D eigenvalue weighted by atomic mass is 32.2. The maximum atomic E-state index is 14.7. The fourth-order valence-corrected chi connectivity index (χ4v) is 8.13. The summed E-state index contributed by atoms with van der Waals surface area (Å²) in [5.41, 5.74) is -1.74. The number of sulfone groups is 1. The number of carboxylic acids is 1. The van der Waals surface area contributed by atoms with Crippen molar-refractivity contribution in [2.24, 2.45) is 17.6 Å². The Kier molecular flexibility index (Phi) is 8.61. The lowest BCUT2D eigenvalue weighted by Gasteiger charge is -2.33. The molecule has 44 heavy (non-hydrogen) atoms. The monoisotopic (exact) mass is 650 g/mol. The average Bonchev–Trinajstić information content (AvgIpc) is 3.43. The van der Waals surface area contributed by atoms with Crippen molar-refractivity contribution in [2.45, 2.75) is 59.8 Å². The van der Waals surface area contributed by atoms with Gasteiger partial charge in [-0.05, 0) is 55.4 Å². The number of amides is 1. The molecular formula is C29H29F7N2O5S. The Morgan fingerprint density at radius 2 is 1.45 bits per heavy atom. The van der Waals surface area contributed by atoms with Crippen LogP contribution in [0.1, 0.15) is 48.8 Å². The van der Waals surface area contributed by atoms with Crippen LogP contribution in [-0.4, -0.2) is 55.7 Å². The van der Waals surface area contributed by atoms with Gasteiger partial charge in [0.15, 0.2) is 9.84 Å². The smallest absolute Gasteiger partial charge is 0.435 e. The number of rotatable bonds is 7. The number of aliphatic carboxylic acids is 1. The molecule has 2 aromatic carbocycles. The topological polar surface area (TPSA) is 118 Å². The zero-order valence-electron chi connectivity index (χ0n) is 23.1. The van der Waals surface area contributed by atoms with Crippen molar-refractivity contribution in [3.8, 4) is 0 Å². The highest BCUT2D eigenvalue weighted by Crippen LogP contribution is 2.54. The summed E-state index contributed by atoms with van der Waals surface area (Å²) in [6.07, 6.45) is -12.0. The number of halogens is 7. The van der Waals surface area contributed by atoms with E-state index in [4.69, 9.17) is 5.73 Å². The van der Waals surface area contributed by atoms with Gasteiger partial charge in [0.2, 0.25) is 5.91 Å². The maximum Gasteiger partial charge on any atom is 0.435 e. The van der Waals surface area contributed by atoms with Crippen molar-refractivity contribution in [1.29, 1.82) is 0 Å². The zero-order chi connectivity index (χ0) is 32.9. The number of likely N-dealkylation sites (tertiary alicyclic amines) is 1. The Hall–Kier alpha value is -3.62. The van der Waals surface area contributed by atoms with E-state index in [1.165, 1.54) is 29.2 Å². The lowest BCUT2D eigenvalue weighted by atomic mass is 9.81. The van der Waals surface area contributed by atoms with Crippen molar-refractivity contribution in [1.82, 2.24) is 4.90 Å². The number of carbonyl (C=O) groups excluding carboxylic acids is 1. The summed E-state index contributed by atoms with van der Waals surface area (Å²) in [5, 5.41) is 9.26. The largest absolute Gasteiger partial charge is 0.481 e. The second kappa shape index (κ2) is 11.4. The Morgan fingerprint density at radius 3 is 1.95 bits per heavy atom. The van der Waals surface area contributed by atoms with Gasteiger partial charge in [0.25, 0.3) is 0 Å². The van der Waals surface area contributed by atoms with E-state index in [9.17, 15) is 53.8 Å². The fourth-order valence-electron chi connectivity index (χ4n) is 6.01. The minimum atomic E-state index is -6.36. The molecule has 1 unspecified atom stereocenters. The first-order chi connectivity index (χ1) is 20.3. The van der Waals surface area contributed by atoms with E-state index in [1.54, 1.807) is 0 Å². The Bertz CT molecular complexity index is 1530. The van der Waals surface area contributed by atoms with Gasteiger partial charge in [-0.3, -0.25) is 9.59 Å². The number of carbonyl (C=O) groups is 2. The quantitative estimate of drug-likeness (QED) is 0.372. The first-order valence-electron chi connectivity index (χ1n) is 13.5. The van der Waals surface area contributed by atoms with Gasteiger partial charge in [0.05, 0.1) is 10.8 Å². The van der Waals surface area contributed by atoms with Crippen LogP contribution in [0.5, 0.6) is 0 Å². The number of benzene rings is 2. The van der Waals surface area contributed by atoms with Crippen LogP contribution >= 0.6 is 0 Å². The van der Waals surface area contributed by atoms with Gasteiger partial charge in [-0.1, -0.05) is 43.0 Å². The van der Waals surface area contributed by atoms with E-state index in [2.05, 4.69) is 6.58 Å². The van der Waals surface area contributed by atoms with Crippen molar-refractivity contribution >= 4 is 27.4 Å². The van der Waals surface area contributed by atoms with Crippen molar-refractivity contribution in [3.63, 3.8) is 0 Å². The fraction of sp³-hybridized carbons (Fsp3) is 0.448. The third-order valence-electron chi connectivity index (χ3n) is 8.59. The van der Waals surface area contributed by atoms with Crippen LogP contribution in [0.15, 0.2) is 60.0 Å². The molecule has 1 saturated carbocycles. The standard InChI is InChI=1S/C29H29F7N2O5S/c1-17(37)20-3-2-4-23(15-20)44(42,43)26(13-14-38(16-26)24(39)18-5-7-19(8-6-18)25(40)41)21-9-11-22(12-10-21)27(30,28(31,32)33)29(34,35)36/h2-4,9-12,15,18-19H,1,5-8,13-14,16,37H2,(H,40,41). The van der Waals surface area contributed by atoms with E-state index in [1.807, 2.05) is 0 Å². The summed E-state index contributed by atoms with van der Waals surface area (Å²) < 4.78 is 122. The van der Waals surface area contributed by atoms with Gasteiger partial charge in [-0.15, -0.1) is 0 Å². The summed E-state index contributed by atoms with van der Waals surface area (Å²) in [5.74, 6) is -2.64. The molecule has 1 atom stereocenters. The van der Waals surface area contributed by atoms with Crippen LogP contribution in [0.4, 0.5) is 30.7 Å². The van der Waals surface area contributed by atoms with Crippen molar-refractivity contribution in [2.75, 3.05) is 13.1 Å². The number of nitrogens with zero attached hydrogens (tertiary/aromatic N) is 1. The molecule has 1 aliphatic carbocycles. The highest BCUT2D eigenvalue weighted by molar-refractivity contribution is 7.92. The lowest BCUT2D eigenvalue weighted by molar-refractivity contribution is -0.348. The van der Waals surface area contributed by atoms with E-state index < -0.39 is 68.4 Å². The van der Waals surface area contributed by atoms with E-state index in [0.29, 0.717) is 12.1 Å². The summed E-state index contributed by atoms with van der Waals surface area (Å²) in [6.45, 7) is 2.95. The number of nitrogens with two attached hydrogens (primary N) is 1. The van der Waals surface area contributed by atoms with Crippen LogP contribution in [0.2, 0.25) is 0 Å². The molecule has 0 radical (unpaired) electrons. The van der Waals surface area contributed by atoms with Crippen LogP contribution in [0.3, 0.4) is 0 Å². The Balaban J connectivity index is 1.78. The molecule has 1 aliphatic heterocycles. The molecule has 4 rings (SSSR count). The number of carboxylic acid groups (broad SMARTS) is 1. The van der Waals surface area contributed by atoms with Gasteiger partial charge in [-0.25, -0.2) is 12.8 Å². The third-order valence-corrected chi connectivity index (χ3v) is 11.1. The lowest BCUT2D eigenvalue weighted by Crippen LogP contribution is -2.50. The number of alkyl halides is 7. The predicted molar refractivity (Wildman–Crippen MR) is 144 cm³/mol. The first-order valence-corrected chi connectivity index (χ1v) is 15.0. The van der Waals surface area contributed by atoms with Crippen molar-refractivity contribution in [3.05, 3.63) is 71.8 Å². The molecule has 7 nitrogen and oxygen atoms in total. The van der Waals surface area contributed by atoms with E-state index in [-0.39, 0.29) is 72.5 Å². The Morgan fingerprint density at radius 1 is 0.909 bits per heavy atom. The molecule has 0 aromatic heterocycles. The highest BCUT2D eigenvalue weighted by Gasteiger charge is 2.73. The van der Waals surface area contributed by atoms with Crippen molar-refractivity contribution < 1.29 is 53.8 Å². The molecule has 1 amide bonds. The molecule has 2 aliphatic rings. The van der Waals surface area contributed by atoms with Crippen LogP contribution in [-0.2, 0) is 29.8 Å². The second-order valence-electron chi connectivity index (χ2n) is 11.2. The minimum Gasteiger partial charge on any atom is -0.481 e. The molecule has 240 valence electrons. The summed E-state index contributed by atoms with van der Waals surface area (Å²) in [7, 11) is -4.54. The van der Waals surface area contributed by atoms with Gasteiger partial charge in [0, 0.05) is 30.3 Å². The van der Waals surface area contributed by atoms with E-state index in [0.717, 1.165) is 0 Å². The summed E-state index contributed by atoms with van der Waals surface area (Å²) >= 11 is 0. The minimum absolute atomic E-state index is 0.0271. The predicted octanol–water partition coefficient (Wildman–Crippen LogP) is 5.70. The molecular weight excluding hydrogens is 621 g/mol. The van der Waals surface area contributed by atoms with Gasteiger partial charge < -0.3 is 15.7 Å². The third kappa shape index (κ3) is 5.54. The summed E-state index contributed by atoms with van der Waals surface area (Å²) in [6, 6.07) is 7.22. The molecule has 0 bridgehead atoms.